The molecule has 6 nitrogen and oxygen atoms in total. The Kier molecular flexibility index (Phi) is 5.60. The summed E-state index contributed by atoms with van der Waals surface area (Å²) in [5, 5.41) is 4.22. The molecule has 2 aromatic carbocycles. The number of nitrogens with zero attached hydrogens (tertiary/aromatic N) is 3. The summed E-state index contributed by atoms with van der Waals surface area (Å²) in [5.41, 5.74) is 0.593. The molecule has 5 aromatic rings. The minimum absolute atomic E-state index is 0.142. The van der Waals surface area contributed by atoms with Crippen molar-refractivity contribution in [2.45, 2.75) is 19.5 Å². The van der Waals surface area contributed by atoms with Gasteiger partial charge < -0.3 is 4.42 Å². The number of alkyl halides is 3. The number of hydrogen-bond acceptors (Lipinski definition) is 6. The molecule has 0 amide bonds. The predicted molar refractivity (Wildman–Crippen MR) is 125 cm³/mol. The topological polar surface area (TPSA) is 77.5 Å². The lowest BCUT2D eigenvalue weighted by Gasteiger charge is -2.07. The van der Waals surface area contributed by atoms with Gasteiger partial charge in [-0.05, 0) is 36.8 Å². The normalized spacial score (nSPS) is 12.5. The van der Waals surface area contributed by atoms with Gasteiger partial charge in [-0.3, -0.25) is 9.59 Å². The Bertz CT molecular complexity index is 1720. The SMILES string of the molecule is Cc1ccc(Cc2nn3c(=O)/c(=C/c4ccc(-c5cccc(C(F)(F)F)c5)o4)sc3nc2=O)cc1. The van der Waals surface area contributed by atoms with Gasteiger partial charge in [-0.1, -0.05) is 53.3 Å². The van der Waals surface area contributed by atoms with Crippen LogP contribution in [0, 0.1) is 6.92 Å². The number of fused-ring (bicyclic) bond motifs is 1. The molecule has 0 aliphatic rings. The van der Waals surface area contributed by atoms with Gasteiger partial charge in [0.1, 0.15) is 21.7 Å². The highest BCUT2D eigenvalue weighted by Gasteiger charge is 2.30. The molecule has 10 heteroatoms. The van der Waals surface area contributed by atoms with E-state index in [1.54, 1.807) is 6.07 Å². The number of aryl methyl sites for hydroxylation is 1. The maximum Gasteiger partial charge on any atom is 0.416 e. The van der Waals surface area contributed by atoms with Gasteiger partial charge in [-0.2, -0.15) is 27.8 Å². The first-order chi connectivity index (χ1) is 16.7. The lowest BCUT2D eigenvalue weighted by atomic mass is 10.1. The van der Waals surface area contributed by atoms with Crippen LogP contribution in [0.1, 0.15) is 28.1 Å². The van der Waals surface area contributed by atoms with Crippen molar-refractivity contribution in [1.82, 2.24) is 14.6 Å². The van der Waals surface area contributed by atoms with Crippen LogP contribution in [-0.4, -0.2) is 14.6 Å². The van der Waals surface area contributed by atoms with E-state index in [0.717, 1.165) is 39.1 Å². The van der Waals surface area contributed by atoms with Crippen LogP contribution in [0.15, 0.2) is 74.7 Å². The minimum atomic E-state index is -4.47. The van der Waals surface area contributed by atoms with E-state index in [4.69, 9.17) is 4.42 Å². The number of rotatable bonds is 4. The number of halogens is 3. The summed E-state index contributed by atoms with van der Waals surface area (Å²) < 4.78 is 46.0. The molecule has 0 saturated carbocycles. The molecule has 0 radical (unpaired) electrons. The van der Waals surface area contributed by atoms with Crippen LogP contribution < -0.4 is 15.7 Å². The third kappa shape index (κ3) is 4.65. The zero-order valence-corrected chi connectivity index (χ0v) is 19.0. The third-order valence-electron chi connectivity index (χ3n) is 5.32. The maximum atomic E-state index is 13.0. The molecule has 3 heterocycles. The molecule has 0 aliphatic heterocycles. The smallest absolute Gasteiger partial charge is 0.416 e. The maximum absolute atomic E-state index is 13.0. The zero-order chi connectivity index (χ0) is 24.7. The highest BCUT2D eigenvalue weighted by Crippen LogP contribution is 2.32. The van der Waals surface area contributed by atoms with Crippen LogP contribution in [0.3, 0.4) is 0 Å². The Labute approximate surface area is 199 Å². The van der Waals surface area contributed by atoms with E-state index in [1.165, 1.54) is 24.3 Å². The molecular weight excluding hydrogens is 479 g/mol. The molecule has 0 bridgehead atoms. The molecular formula is C25H16F3N3O3S. The average Bonchev–Trinajstić information content (AvgIpc) is 3.40. The van der Waals surface area contributed by atoms with Crippen LogP contribution in [0.4, 0.5) is 13.2 Å². The van der Waals surface area contributed by atoms with Gasteiger partial charge in [-0.25, -0.2) is 0 Å². The lowest BCUT2D eigenvalue weighted by Crippen LogP contribution is -2.28. The van der Waals surface area contributed by atoms with Crippen molar-refractivity contribution in [3.63, 3.8) is 0 Å². The van der Waals surface area contributed by atoms with Gasteiger partial charge >= 0.3 is 6.18 Å². The second-order valence-electron chi connectivity index (χ2n) is 7.92. The van der Waals surface area contributed by atoms with Crippen molar-refractivity contribution in [1.29, 1.82) is 0 Å². The Hall–Kier alpha value is -4.05. The van der Waals surface area contributed by atoms with E-state index < -0.39 is 22.9 Å². The third-order valence-corrected chi connectivity index (χ3v) is 6.28. The van der Waals surface area contributed by atoms with Gasteiger partial charge in [0.05, 0.1) is 5.56 Å². The quantitative estimate of drug-likeness (QED) is 0.373. The Balaban J connectivity index is 1.50. The second kappa shape index (κ2) is 8.62. The molecule has 0 saturated heterocycles. The van der Waals surface area contributed by atoms with Gasteiger partial charge in [0, 0.05) is 18.1 Å². The number of thiazole rings is 1. The Morgan fingerprint density at radius 3 is 2.57 bits per heavy atom. The number of hydrogen-bond donors (Lipinski definition) is 0. The van der Waals surface area contributed by atoms with Crippen molar-refractivity contribution in [3.05, 3.63) is 114 Å². The van der Waals surface area contributed by atoms with Crippen LogP contribution in [0.2, 0.25) is 0 Å². The zero-order valence-electron chi connectivity index (χ0n) is 18.2. The Morgan fingerprint density at radius 2 is 1.83 bits per heavy atom. The highest BCUT2D eigenvalue weighted by atomic mass is 32.1. The van der Waals surface area contributed by atoms with Gasteiger partial charge in [0.2, 0.25) is 4.96 Å². The van der Waals surface area contributed by atoms with Crippen LogP contribution >= 0.6 is 11.3 Å². The lowest BCUT2D eigenvalue weighted by molar-refractivity contribution is -0.137. The monoisotopic (exact) mass is 495 g/mol. The molecule has 0 atom stereocenters. The first kappa shape index (κ1) is 22.7. The summed E-state index contributed by atoms with van der Waals surface area (Å²) in [4.78, 5) is 29.5. The van der Waals surface area contributed by atoms with E-state index in [9.17, 15) is 22.8 Å². The standard InChI is InChI=1S/C25H16F3N3O3S/c1-14-5-7-15(8-6-14)11-19-22(32)29-24-31(30-19)23(33)21(35-24)13-18-9-10-20(34-18)16-3-2-4-17(12-16)25(26,27)28/h2-10,12-13H,11H2,1H3/b21-13-. The van der Waals surface area contributed by atoms with Gasteiger partial charge in [0.15, 0.2) is 0 Å². The van der Waals surface area contributed by atoms with Gasteiger partial charge in [-0.15, -0.1) is 0 Å². The summed E-state index contributed by atoms with van der Waals surface area (Å²) in [5.74, 6) is 0.492. The van der Waals surface area contributed by atoms with E-state index in [1.807, 2.05) is 31.2 Å². The molecule has 0 unspecified atom stereocenters. The first-order valence-corrected chi connectivity index (χ1v) is 11.3. The molecule has 0 aliphatic carbocycles. The molecule has 0 spiro atoms. The fourth-order valence-electron chi connectivity index (χ4n) is 3.51. The summed E-state index contributed by atoms with van der Waals surface area (Å²) in [6.45, 7) is 1.96. The Morgan fingerprint density at radius 1 is 1.06 bits per heavy atom. The van der Waals surface area contributed by atoms with Crippen molar-refractivity contribution in [2.75, 3.05) is 0 Å². The number of benzene rings is 2. The predicted octanol–water partition coefficient (Wildman–Crippen LogP) is 4.24. The largest absolute Gasteiger partial charge is 0.457 e. The molecule has 3 aromatic heterocycles. The van der Waals surface area contributed by atoms with E-state index in [0.29, 0.717) is 0 Å². The van der Waals surface area contributed by atoms with E-state index in [2.05, 4.69) is 10.1 Å². The summed E-state index contributed by atoms with van der Waals surface area (Å²) in [6, 6.07) is 15.5. The van der Waals surface area contributed by atoms with Crippen molar-refractivity contribution < 1.29 is 17.6 Å². The van der Waals surface area contributed by atoms with Crippen LogP contribution in [-0.2, 0) is 12.6 Å². The fourth-order valence-corrected chi connectivity index (χ4v) is 4.40. The minimum Gasteiger partial charge on any atom is -0.457 e. The van der Waals surface area contributed by atoms with Crippen molar-refractivity contribution in [2.24, 2.45) is 0 Å². The highest BCUT2D eigenvalue weighted by molar-refractivity contribution is 7.15. The molecule has 0 fully saturated rings. The van der Waals surface area contributed by atoms with Crippen molar-refractivity contribution >= 4 is 22.4 Å². The summed E-state index contributed by atoms with van der Waals surface area (Å²) in [6.07, 6.45) is -2.78. The average molecular weight is 495 g/mol. The molecule has 0 N–H and O–H groups in total. The fraction of sp³-hybridized carbons (Fsp3) is 0.120. The van der Waals surface area contributed by atoms with Gasteiger partial charge in [0.25, 0.3) is 11.1 Å². The number of furan rings is 1. The number of aromatic nitrogens is 3. The van der Waals surface area contributed by atoms with Crippen LogP contribution in [0.5, 0.6) is 0 Å². The summed E-state index contributed by atoms with van der Waals surface area (Å²) >= 11 is 0.973. The van der Waals surface area contributed by atoms with E-state index in [-0.39, 0.29) is 38.7 Å². The summed E-state index contributed by atoms with van der Waals surface area (Å²) in [7, 11) is 0. The van der Waals surface area contributed by atoms with Crippen molar-refractivity contribution in [3.8, 4) is 11.3 Å². The van der Waals surface area contributed by atoms with Crippen LogP contribution in [0.25, 0.3) is 22.4 Å². The van der Waals surface area contributed by atoms with E-state index >= 15 is 0 Å². The molecule has 5 rings (SSSR count). The second-order valence-corrected chi connectivity index (χ2v) is 8.93. The molecule has 35 heavy (non-hydrogen) atoms. The molecule has 176 valence electrons. The first-order valence-electron chi connectivity index (χ1n) is 10.4.